The SMILES string of the molecule is COc1cc(Oc2nc(Oc3cc(C#N)ccc3Oc3ccccc3)nc3c2NC(=O)CN3)cc(C(=O)N(C)C)c1. The molecule has 1 aliphatic rings. The second-order valence-electron chi connectivity index (χ2n) is 8.93. The lowest BCUT2D eigenvalue weighted by Crippen LogP contribution is -2.28. The van der Waals surface area contributed by atoms with E-state index in [0.717, 1.165) is 0 Å². The van der Waals surface area contributed by atoms with Crippen molar-refractivity contribution in [2.75, 3.05) is 38.4 Å². The molecule has 0 saturated carbocycles. The van der Waals surface area contributed by atoms with Crippen LogP contribution >= 0.6 is 0 Å². The van der Waals surface area contributed by atoms with E-state index in [9.17, 15) is 14.9 Å². The zero-order chi connectivity index (χ0) is 28.9. The zero-order valence-corrected chi connectivity index (χ0v) is 22.3. The fourth-order valence-electron chi connectivity index (χ4n) is 3.83. The van der Waals surface area contributed by atoms with Crippen molar-refractivity contribution < 1.29 is 28.5 Å². The quantitative estimate of drug-likeness (QED) is 0.312. The predicted molar refractivity (Wildman–Crippen MR) is 148 cm³/mol. The molecule has 0 bridgehead atoms. The average molecular weight is 553 g/mol. The summed E-state index contributed by atoms with van der Waals surface area (Å²) >= 11 is 0. The normalized spacial score (nSPS) is 11.7. The van der Waals surface area contributed by atoms with E-state index in [1.807, 2.05) is 18.2 Å². The Labute approximate surface area is 235 Å². The van der Waals surface area contributed by atoms with Crippen LogP contribution in [0, 0.1) is 11.3 Å². The van der Waals surface area contributed by atoms with Gasteiger partial charge in [-0.3, -0.25) is 9.59 Å². The van der Waals surface area contributed by atoms with Gasteiger partial charge in [0.05, 0.1) is 25.3 Å². The van der Waals surface area contributed by atoms with Crippen LogP contribution in [0.1, 0.15) is 15.9 Å². The molecule has 0 aliphatic carbocycles. The first-order valence-electron chi connectivity index (χ1n) is 12.3. The number of nitrogens with one attached hydrogen (secondary N) is 2. The van der Waals surface area contributed by atoms with E-state index in [1.165, 1.54) is 24.1 Å². The van der Waals surface area contributed by atoms with Crippen LogP contribution in [0.15, 0.2) is 66.7 Å². The van der Waals surface area contributed by atoms with E-state index in [1.54, 1.807) is 50.5 Å². The minimum Gasteiger partial charge on any atom is -0.497 e. The number of rotatable bonds is 8. The van der Waals surface area contributed by atoms with Gasteiger partial charge in [0.1, 0.15) is 22.9 Å². The standard InChI is InChI=1S/C29H24N6O6/c1-35(2)28(37)18-12-20(38-3)14-21(13-18)40-27-25-26(31-16-24(36)32-25)33-29(34-27)41-23-11-17(15-30)9-10-22(23)39-19-7-5-4-6-8-19/h4-14H,16H2,1-3H3,(H,32,36)(H,31,33,34). The van der Waals surface area contributed by atoms with Crippen molar-refractivity contribution >= 4 is 23.3 Å². The molecule has 0 spiro atoms. The molecule has 2 amide bonds. The van der Waals surface area contributed by atoms with Crippen molar-refractivity contribution in [1.29, 1.82) is 5.26 Å². The summed E-state index contributed by atoms with van der Waals surface area (Å²) in [6, 6.07) is 20.4. The number of carbonyl (C=O) groups is 2. The van der Waals surface area contributed by atoms with Gasteiger partial charge in [0, 0.05) is 31.8 Å². The molecule has 2 N–H and O–H groups in total. The van der Waals surface area contributed by atoms with Gasteiger partial charge >= 0.3 is 6.01 Å². The van der Waals surface area contributed by atoms with Gasteiger partial charge in [0.15, 0.2) is 17.3 Å². The molecule has 1 aromatic heterocycles. The van der Waals surface area contributed by atoms with Crippen LogP contribution < -0.4 is 29.6 Å². The minimum absolute atomic E-state index is 0.0319. The Morgan fingerprint density at radius 1 is 0.927 bits per heavy atom. The van der Waals surface area contributed by atoms with Crippen molar-refractivity contribution in [2.24, 2.45) is 0 Å². The number of hydrogen-bond acceptors (Lipinski definition) is 10. The van der Waals surface area contributed by atoms with E-state index < -0.39 is 0 Å². The van der Waals surface area contributed by atoms with Gasteiger partial charge < -0.3 is 34.5 Å². The highest BCUT2D eigenvalue weighted by Gasteiger charge is 2.25. The number of nitriles is 1. The first kappa shape index (κ1) is 26.8. The molecule has 41 heavy (non-hydrogen) atoms. The van der Waals surface area contributed by atoms with Crippen molar-refractivity contribution in [3.8, 4) is 46.7 Å². The van der Waals surface area contributed by atoms with Crippen LogP contribution in [-0.4, -0.2) is 54.4 Å². The molecule has 2 heterocycles. The molecule has 206 valence electrons. The lowest BCUT2D eigenvalue weighted by atomic mass is 10.2. The zero-order valence-electron chi connectivity index (χ0n) is 22.3. The van der Waals surface area contributed by atoms with Crippen LogP contribution in [0.4, 0.5) is 11.5 Å². The highest BCUT2D eigenvalue weighted by molar-refractivity contribution is 6.01. The van der Waals surface area contributed by atoms with E-state index in [2.05, 4.69) is 26.7 Å². The van der Waals surface area contributed by atoms with Gasteiger partial charge in [-0.1, -0.05) is 18.2 Å². The Kier molecular flexibility index (Phi) is 7.51. The number of benzene rings is 3. The number of nitrogens with zero attached hydrogens (tertiary/aromatic N) is 4. The van der Waals surface area contributed by atoms with Crippen LogP contribution in [0.25, 0.3) is 0 Å². The van der Waals surface area contributed by atoms with Crippen molar-refractivity contribution in [1.82, 2.24) is 14.9 Å². The number of aromatic nitrogens is 2. The van der Waals surface area contributed by atoms with Gasteiger partial charge in [-0.05, 0) is 36.4 Å². The molecule has 12 heteroatoms. The van der Waals surface area contributed by atoms with Gasteiger partial charge in [-0.2, -0.15) is 15.2 Å². The molecule has 12 nitrogen and oxygen atoms in total. The summed E-state index contributed by atoms with van der Waals surface area (Å²) < 4.78 is 23.4. The van der Waals surface area contributed by atoms with Gasteiger partial charge in [0.2, 0.25) is 5.91 Å². The second-order valence-corrected chi connectivity index (χ2v) is 8.93. The highest BCUT2D eigenvalue weighted by Crippen LogP contribution is 2.40. The minimum atomic E-state index is -0.325. The summed E-state index contributed by atoms with van der Waals surface area (Å²) in [6.07, 6.45) is 0. The molecule has 4 aromatic rings. The van der Waals surface area contributed by atoms with E-state index in [-0.39, 0.29) is 53.3 Å². The van der Waals surface area contributed by atoms with E-state index in [4.69, 9.17) is 18.9 Å². The fourth-order valence-corrected chi connectivity index (χ4v) is 3.83. The van der Waals surface area contributed by atoms with Crippen molar-refractivity contribution in [2.45, 2.75) is 0 Å². The molecule has 1 aliphatic heterocycles. The first-order chi connectivity index (χ1) is 19.8. The van der Waals surface area contributed by atoms with Gasteiger partial charge in [0.25, 0.3) is 11.8 Å². The number of fused-ring (bicyclic) bond motifs is 1. The molecule has 0 unspecified atom stereocenters. The summed E-state index contributed by atoms with van der Waals surface area (Å²) in [6.45, 7) is -0.0319. The third-order valence-corrected chi connectivity index (χ3v) is 5.76. The third-order valence-electron chi connectivity index (χ3n) is 5.76. The lowest BCUT2D eigenvalue weighted by Gasteiger charge is -2.21. The monoisotopic (exact) mass is 552 g/mol. The largest absolute Gasteiger partial charge is 0.497 e. The smallest absolute Gasteiger partial charge is 0.327 e. The molecule has 0 atom stereocenters. The Morgan fingerprint density at radius 3 is 2.44 bits per heavy atom. The molecule has 0 fully saturated rings. The topological polar surface area (TPSA) is 148 Å². The summed E-state index contributed by atoms with van der Waals surface area (Å²) in [4.78, 5) is 35.0. The number of anilines is 2. The fraction of sp³-hybridized carbons (Fsp3) is 0.138. The number of methoxy groups -OCH3 is 1. The molecule has 5 rings (SSSR count). The van der Waals surface area contributed by atoms with Gasteiger partial charge in [-0.25, -0.2) is 0 Å². The molecular weight excluding hydrogens is 528 g/mol. The van der Waals surface area contributed by atoms with Crippen LogP contribution in [0.5, 0.6) is 40.6 Å². The molecule has 0 saturated heterocycles. The third kappa shape index (κ3) is 6.10. The maximum Gasteiger partial charge on any atom is 0.327 e. The average Bonchev–Trinajstić information content (AvgIpc) is 2.98. The van der Waals surface area contributed by atoms with Crippen molar-refractivity contribution in [3.05, 3.63) is 77.9 Å². The summed E-state index contributed by atoms with van der Waals surface area (Å²) in [5, 5.41) is 15.1. The Balaban J connectivity index is 1.54. The molecular formula is C29H24N6O6. The lowest BCUT2D eigenvalue weighted by molar-refractivity contribution is -0.114. The van der Waals surface area contributed by atoms with Crippen LogP contribution in [0.3, 0.4) is 0 Å². The van der Waals surface area contributed by atoms with Crippen LogP contribution in [0.2, 0.25) is 0 Å². The Hall–Kier alpha value is -5.83. The molecule has 0 radical (unpaired) electrons. The van der Waals surface area contributed by atoms with E-state index >= 15 is 0 Å². The number of amides is 2. The first-order valence-corrected chi connectivity index (χ1v) is 12.3. The Bertz CT molecular complexity index is 1670. The number of hydrogen-bond donors (Lipinski definition) is 2. The molecule has 3 aromatic carbocycles. The van der Waals surface area contributed by atoms with Crippen LogP contribution in [-0.2, 0) is 4.79 Å². The summed E-state index contributed by atoms with van der Waals surface area (Å²) in [7, 11) is 4.73. The number of carbonyl (C=O) groups excluding carboxylic acids is 2. The maximum absolute atomic E-state index is 12.6. The Morgan fingerprint density at radius 2 is 1.71 bits per heavy atom. The van der Waals surface area contributed by atoms with Crippen molar-refractivity contribution in [3.63, 3.8) is 0 Å². The van der Waals surface area contributed by atoms with E-state index in [0.29, 0.717) is 28.4 Å². The highest BCUT2D eigenvalue weighted by atomic mass is 16.5. The number of para-hydroxylation sites is 1. The number of ether oxygens (including phenoxy) is 4. The summed E-state index contributed by atoms with van der Waals surface area (Å²) in [5.41, 5.74) is 0.833. The predicted octanol–water partition coefficient (Wildman–Crippen LogP) is 4.80. The maximum atomic E-state index is 12.6. The summed E-state index contributed by atoms with van der Waals surface area (Å²) in [5.74, 6) is 1.27. The second kappa shape index (κ2) is 11.5. The van der Waals surface area contributed by atoms with Gasteiger partial charge in [-0.15, -0.1) is 0 Å².